The largest absolute Gasteiger partial charge is 0.522 e. The van der Waals surface area contributed by atoms with Crippen LogP contribution in [-0.2, 0) is 4.74 Å². The normalized spacial score (nSPS) is 27.4. The van der Waals surface area contributed by atoms with Crippen molar-refractivity contribution in [3.05, 3.63) is 11.3 Å². The zero-order valence-electron chi connectivity index (χ0n) is 11.7. The molecule has 4 nitrogen and oxygen atoms in total. The van der Waals surface area contributed by atoms with Gasteiger partial charge in [-0.15, -0.1) is 13.2 Å². The van der Waals surface area contributed by atoms with E-state index in [9.17, 15) is 35.8 Å². The van der Waals surface area contributed by atoms with Crippen LogP contribution in [0.2, 0.25) is 0 Å². The van der Waals surface area contributed by atoms with E-state index in [0.717, 1.165) is 0 Å². The molecule has 0 bridgehead atoms. The van der Waals surface area contributed by atoms with Crippen molar-refractivity contribution in [2.24, 2.45) is 10.7 Å². The number of halogens is 7. The van der Waals surface area contributed by atoms with E-state index in [1.165, 1.54) is 0 Å². The number of hydrogen-bond acceptors (Lipinski definition) is 4. The molecular formula is C12H15F7N2O2. The summed E-state index contributed by atoms with van der Waals surface area (Å²) in [6, 6.07) is 0. The number of aliphatic imine (C=N–C) groups is 1. The molecule has 1 rings (SSSR count). The highest BCUT2D eigenvalue weighted by atomic mass is 19.4. The first-order valence-corrected chi connectivity index (χ1v) is 6.57. The molecule has 23 heavy (non-hydrogen) atoms. The predicted molar refractivity (Wildman–Crippen MR) is 66.3 cm³/mol. The minimum absolute atomic E-state index is 0.204. The molecule has 1 saturated carbocycles. The lowest BCUT2D eigenvalue weighted by Crippen LogP contribution is -2.39. The van der Waals surface area contributed by atoms with Crippen molar-refractivity contribution in [1.82, 2.24) is 0 Å². The molecule has 3 N–H and O–H groups in total. The lowest BCUT2D eigenvalue weighted by atomic mass is 9.87. The maximum Gasteiger partial charge on any atom is 0.522 e. The predicted octanol–water partition coefficient (Wildman–Crippen LogP) is 2.62. The first-order chi connectivity index (χ1) is 10.4. The maximum absolute atomic E-state index is 13.4. The van der Waals surface area contributed by atoms with Gasteiger partial charge in [0.15, 0.2) is 0 Å². The molecule has 0 aromatic rings. The molecule has 0 saturated heterocycles. The zero-order valence-corrected chi connectivity index (χ0v) is 11.7. The minimum atomic E-state index is -4.98. The Balaban J connectivity index is 2.84. The standard InChI is InChI=1S/C12H15F7N2O2/c13-6-2-3-7(21-4-1-5-23-12(17,18)19)8(9(6)22)10(20)11(14,15)16/h6,9,22H,1-5,20H2/b10-8+,21-7?. The maximum atomic E-state index is 13.4. The molecule has 1 aliphatic carbocycles. The van der Waals surface area contributed by atoms with Gasteiger partial charge in [-0.2, -0.15) is 13.2 Å². The number of hydrogen-bond donors (Lipinski definition) is 2. The fraction of sp³-hybridized carbons (Fsp3) is 0.750. The van der Waals surface area contributed by atoms with Gasteiger partial charge in [-0.25, -0.2) is 4.39 Å². The van der Waals surface area contributed by atoms with E-state index in [-0.39, 0.29) is 31.5 Å². The van der Waals surface area contributed by atoms with Crippen LogP contribution in [0.1, 0.15) is 19.3 Å². The lowest BCUT2D eigenvalue weighted by Gasteiger charge is -2.28. The van der Waals surface area contributed by atoms with Crippen LogP contribution in [0.5, 0.6) is 0 Å². The Labute approximate surface area is 126 Å². The summed E-state index contributed by atoms with van der Waals surface area (Å²) in [7, 11) is 0. The highest BCUT2D eigenvalue weighted by Gasteiger charge is 2.41. The van der Waals surface area contributed by atoms with Crippen molar-refractivity contribution >= 4 is 5.71 Å². The van der Waals surface area contributed by atoms with Gasteiger partial charge in [0, 0.05) is 17.8 Å². The van der Waals surface area contributed by atoms with E-state index in [2.05, 4.69) is 9.73 Å². The number of aliphatic hydroxyl groups excluding tert-OH is 1. The lowest BCUT2D eigenvalue weighted by molar-refractivity contribution is -0.324. The first kappa shape index (κ1) is 19.7. The molecule has 134 valence electrons. The van der Waals surface area contributed by atoms with Gasteiger partial charge in [0.1, 0.15) is 18.0 Å². The summed E-state index contributed by atoms with van der Waals surface area (Å²) in [5.41, 5.74) is 2.16. The Morgan fingerprint density at radius 2 is 1.87 bits per heavy atom. The fourth-order valence-electron chi connectivity index (χ4n) is 2.02. The van der Waals surface area contributed by atoms with E-state index in [4.69, 9.17) is 5.73 Å². The average Bonchev–Trinajstić information content (AvgIpc) is 2.39. The number of nitrogens with zero attached hydrogens (tertiary/aromatic N) is 1. The van der Waals surface area contributed by atoms with Crippen LogP contribution in [0.3, 0.4) is 0 Å². The number of alkyl halides is 7. The van der Waals surface area contributed by atoms with Gasteiger partial charge in [-0.3, -0.25) is 9.73 Å². The Morgan fingerprint density at radius 1 is 1.26 bits per heavy atom. The first-order valence-electron chi connectivity index (χ1n) is 6.57. The molecule has 0 amide bonds. The third kappa shape index (κ3) is 5.98. The third-order valence-corrected chi connectivity index (χ3v) is 3.07. The summed E-state index contributed by atoms with van der Waals surface area (Å²) in [4.78, 5) is 3.71. The Morgan fingerprint density at radius 3 is 2.39 bits per heavy atom. The van der Waals surface area contributed by atoms with E-state index >= 15 is 0 Å². The van der Waals surface area contributed by atoms with Gasteiger partial charge in [-0.05, 0) is 19.3 Å². The van der Waals surface area contributed by atoms with Crippen molar-refractivity contribution in [3.63, 3.8) is 0 Å². The fourth-order valence-corrected chi connectivity index (χ4v) is 2.02. The molecule has 1 fully saturated rings. The molecule has 0 aromatic carbocycles. The van der Waals surface area contributed by atoms with Crippen molar-refractivity contribution in [1.29, 1.82) is 0 Å². The number of allylic oxidation sites excluding steroid dienone is 1. The van der Waals surface area contributed by atoms with Crippen molar-refractivity contribution in [2.45, 2.75) is 44.1 Å². The average molecular weight is 352 g/mol. The quantitative estimate of drug-likeness (QED) is 0.604. The summed E-state index contributed by atoms with van der Waals surface area (Å²) in [6.07, 6.45) is -14.4. The number of aliphatic hydroxyl groups is 1. The topological polar surface area (TPSA) is 67.8 Å². The SMILES string of the molecule is N/C(=C1\C(=NCCCOC(F)(F)F)CCC(F)C1O)C(F)(F)F. The van der Waals surface area contributed by atoms with Crippen LogP contribution in [0.15, 0.2) is 16.3 Å². The van der Waals surface area contributed by atoms with Crippen LogP contribution in [0.4, 0.5) is 30.7 Å². The number of ether oxygens (including phenoxy) is 1. The monoisotopic (exact) mass is 352 g/mol. The van der Waals surface area contributed by atoms with Crippen molar-refractivity contribution in [2.75, 3.05) is 13.2 Å². The van der Waals surface area contributed by atoms with E-state index in [1.807, 2.05) is 0 Å². The van der Waals surface area contributed by atoms with Gasteiger partial charge >= 0.3 is 12.5 Å². The van der Waals surface area contributed by atoms with Crippen LogP contribution in [0, 0.1) is 0 Å². The smallest absolute Gasteiger partial charge is 0.394 e. The van der Waals surface area contributed by atoms with Crippen LogP contribution in [0.25, 0.3) is 0 Å². The van der Waals surface area contributed by atoms with E-state index in [1.54, 1.807) is 0 Å². The molecule has 0 spiro atoms. The molecular weight excluding hydrogens is 337 g/mol. The Bertz CT molecular complexity index is 471. The molecule has 2 unspecified atom stereocenters. The molecule has 0 aliphatic heterocycles. The van der Waals surface area contributed by atoms with Crippen molar-refractivity contribution in [3.8, 4) is 0 Å². The van der Waals surface area contributed by atoms with Crippen LogP contribution < -0.4 is 5.73 Å². The highest BCUT2D eigenvalue weighted by molar-refractivity contribution is 6.02. The zero-order chi connectivity index (χ0) is 17.8. The molecule has 0 aromatic heterocycles. The van der Waals surface area contributed by atoms with E-state index < -0.39 is 42.7 Å². The second-order valence-corrected chi connectivity index (χ2v) is 4.80. The van der Waals surface area contributed by atoms with E-state index in [0.29, 0.717) is 0 Å². The second kappa shape index (κ2) is 7.47. The van der Waals surface area contributed by atoms with Gasteiger partial charge in [0.05, 0.1) is 6.61 Å². The number of rotatable bonds is 4. The summed E-state index contributed by atoms with van der Waals surface area (Å²) in [5.74, 6) is 0. The summed E-state index contributed by atoms with van der Waals surface area (Å²) in [5, 5.41) is 9.58. The Kier molecular flexibility index (Phi) is 6.40. The molecule has 2 atom stereocenters. The molecule has 0 radical (unpaired) electrons. The minimum Gasteiger partial charge on any atom is -0.394 e. The molecule has 1 aliphatic rings. The molecule has 11 heteroatoms. The summed E-state index contributed by atoms with van der Waals surface area (Å²) >= 11 is 0. The van der Waals surface area contributed by atoms with Gasteiger partial charge < -0.3 is 10.8 Å². The van der Waals surface area contributed by atoms with Crippen LogP contribution >= 0.6 is 0 Å². The summed E-state index contributed by atoms with van der Waals surface area (Å²) < 4.78 is 90.1. The van der Waals surface area contributed by atoms with Gasteiger partial charge in [0.2, 0.25) is 0 Å². The van der Waals surface area contributed by atoms with Crippen molar-refractivity contribution < 1.29 is 40.6 Å². The highest BCUT2D eigenvalue weighted by Crippen LogP contribution is 2.32. The van der Waals surface area contributed by atoms with Crippen LogP contribution in [-0.4, -0.2) is 48.8 Å². The second-order valence-electron chi connectivity index (χ2n) is 4.80. The summed E-state index contributed by atoms with van der Waals surface area (Å²) in [6.45, 7) is -0.994. The van der Waals surface area contributed by atoms with Gasteiger partial charge in [-0.1, -0.05) is 0 Å². The van der Waals surface area contributed by atoms with Gasteiger partial charge in [0.25, 0.3) is 0 Å². The third-order valence-electron chi connectivity index (χ3n) is 3.07. The molecule has 0 heterocycles. The number of nitrogens with two attached hydrogens (primary N) is 1. The Hall–Kier alpha value is -1.36.